The van der Waals surface area contributed by atoms with E-state index in [0.29, 0.717) is 0 Å². The summed E-state index contributed by atoms with van der Waals surface area (Å²) in [5.41, 5.74) is 3.94. The summed E-state index contributed by atoms with van der Waals surface area (Å²) in [6.45, 7) is 2.09. The highest BCUT2D eigenvalue weighted by Crippen LogP contribution is 2.32. The van der Waals surface area contributed by atoms with E-state index in [-0.39, 0.29) is 0 Å². The molecule has 5 rings (SSSR count). The summed E-state index contributed by atoms with van der Waals surface area (Å²) < 4.78 is 6.21. The lowest BCUT2D eigenvalue weighted by molar-refractivity contribution is 0.618. The molecule has 0 amide bonds. The zero-order chi connectivity index (χ0) is 21.2. The Morgan fingerprint density at radius 1 is 0.871 bits per heavy atom. The fourth-order valence-electron chi connectivity index (χ4n) is 3.50. The van der Waals surface area contributed by atoms with E-state index in [0.717, 1.165) is 48.9 Å². The Balaban J connectivity index is 1.66. The molecule has 0 aliphatic carbocycles. The maximum atomic E-state index is 6.21. The minimum atomic E-state index is 0.747. The average Bonchev–Trinajstić information content (AvgIpc) is 3.19. The fourth-order valence-corrected chi connectivity index (χ4v) is 4.73. The third kappa shape index (κ3) is 4.07. The van der Waals surface area contributed by atoms with Crippen molar-refractivity contribution in [2.24, 2.45) is 4.99 Å². The van der Waals surface area contributed by atoms with Crippen LogP contribution in [-0.4, -0.2) is 11.2 Å². The highest BCUT2D eigenvalue weighted by atomic mass is 32.2. The van der Waals surface area contributed by atoms with Crippen LogP contribution in [0.1, 0.15) is 4.88 Å². The number of aryl methyl sites for hydroxylation is 1. The molecule has 0 atom stereocenters. The molecule has 3 nitrogen and oxygen atoms in total. The van der Waals surface area contributed by atoms with Crippen LogP contribution in [0.15, 0.2) is 99.2 Å². The maximum Gasteiger partial charge on any atom is 0.210 e. The standard InChI is InChI=1S/C26H20N2OS2/c1-17-25(19-8-4-3-5-9-19)28-26(31-17)27-22-16-24(18-12-14-20(30-2)15-13-18)29-23-11-7-6-10-21(22)23/h3-16H,1-2H3. The van der Waals surface area contributed by atoms with E-state index in [1.165, 1.54) is 4.90 Å². The van der Waals surface area contributed by atoms with E-state index in [2.05, 4.69) is 49.6 Å². The molecule has 0 saturated carbocycles. The molecule has 0 bridgehead atoms. The minimum Gasteiger partial charge on any atom is -0.456 e. The number of hydrogen-bond acceptors (Lipinski definition) is 5. The number of aromatic nitrogens is 1. The lowest BCUT2D eigenvalue weighted by atomic mass is 10.1. The van der Waals surface area contributed by atoms with Crippen LogP contribution in [0.5, 0.6) is 0 Å². The Kier molecular flexibility index (Phi) is 5.45. The van der Waals surface area contributed by atoms with Crippen LogP contribution >= 0.6 is 23.1 Å². The molecule has 5 aromatic rings. The molecule has 5 heteroatoms. The van der Waals surface area contributed by atoms with Gasteiger partial charge in [-0.05, 0) is 37.4 Å². The van der Waals surface area contributed by atoms with Crippen molar-refractivity contribution in [3.63, 3.8) is 0 Å². The normalized spacial score (nSPS) is 11.9. The van der Waals surface area contributed by atoms with Gasteiger partial charge in [0.1, 0.15) is 11.3 Å². The summed E-state index contributed by atoms with van der Waals surface area (Å²) in [6.07, 6.45) is 2.08. The van der Waals surface area contributed by atoms with Crippen LogP contribution in [0, 0.1) is 6.92 Å². The predicted molar refractivity (Wildman–Crippen MR) is 131 cm³/mol. The average molecular weight is 441 g/mol. The van der Waals surface area contributed by atoms with Gasteiger partial charge in [-0.3, -0.25) is 0 Å². The van der Waals surface area contributed by atoms with Crippen molar-refractivity contribution in [1.82, 2.24) is 4.98 Å². The van der Waals surface area contributed by atoms with Gasteiger partial charge in [0, 0.05) is 32.4 Å². The van der Waals surface area contributed by atoms with E-state index >= 15 is 0 Å². The summed E-state index contributed by atoms with van der Waals surface area (Å²) in [7, 11) is 0. The first kappa shape index (κ1) is 19.8. The van der Waals surface area contributed by atoms with E-state index in [1.54, 1.807) is 23.1 Å². The van der Waals surface area contributed by atoms with Gasteiger partial charge in [0.05, 0.1) is 11.1 Å². The quantitative estimate of drug-likeness (QED) is 0.272. The number of benzene rings is 3. The van der Waals surface area contributed by atoms with E-state index in [4.69, 9.17) is 14.4 Å². The topological polar surface area (TPSA) is 38.4 Å². The monoisotopic (exact) mass is 440 g/mol. The second-order valence-corrected chi connectivity index (χ2v) is 9.16. The highest BCUT2D eigenvalue weighted by molar-refractivity contribution is 7.98. The van der Waals surface area contributed by atoms with Crippen molar-refractivity contribution in [2.75, 3.05) is 6.26 Å². The predicted octanol–water partition coefficient (Wildman–Crippen LogP) is 7.49. The summed E-state index contributed by atoms with van der Waals surface area (Å²) in [6, 6.07) is 28.7. The molecule has 0 fully saturated rings. The molecule has 0 spiro atoms. The molecule has 0 aliphatic rings. The van der Waals surface area contributed by atoms with Gasteiger partial charge in [-0.2, -0.15) is 0 Å². The van der Waals surface area contributed by atoms with Crippen LogP contribution in [0.2, 0.25) is 0 Å². The Hall–Kier alpha value is -3.15. The smallest absolute Gasteiger partial charge is 0.210 e. The lowest BCUT2D eigenvalue weighted by Crippen LogP contribution is -2.02. The summed E-state index contributed by atoms with van der Waals surface area (Å²) in [4.78, 5) is 12.1. The van der Waals surface area contributed by atoms with E-state index in [9.17, 15) is 0 Å². The second kappa shape index (κ2) is 8.53. The minimum absolute atomic E-state index is 0.747. The molecular weight excluding hydrogens is 420 g/mol. The Bertz CT molecular complexity index is 1420. The molecule has 0 saturated heterocycles. The van der Waals surface area contributed by atoms with Crippen molar-refractivity contribution in [3.05, 3.63) is 95.2 Å². The van der Waals surface area contributed by atoms with Gasteiger partial charge in [0.2, 0.25) is 5.13 Å². The number of rotatable bonds is 4. The Labute approximate surface area is 189 Å². The highest BCUT2D eigenvalue weighted by Gasteiger charge is 2.10. The molecule has 31 heavy (non-hydrogen) atoms. The maximum absolute atomic E-state index is 6.21. The van der Waals surface area contributed by atoms with E-state index in [1.807, 2.05) is 48.5 Å². The summed E-state index contributed by atoms with van der Waals surface area (Å²) in [5, 5.41) is 2.58. The third-order valence-corrected chi connectivity index (χ3v) is 6.68. The van der Waals surface area contributed by atoms with Gasteiger partial charge in [0.25, 0.3) is 0 Å². The van der Waals surface area contributed by atoms with Crippen molar-refractivity contribution in [3.8, 4) is 22.6 Å². The van der Waals surface area contributed by atoms with Crippen LogP contribution in [-0.2, 0) is 0 Å². The van der Waals surface area contributed by atoms with E-state index < -0.39 is 0 Å². The summed E-state index contributed by atoms with van der Waals surface area (Å²) >= 11 is 3.33. The SMILES string of the molecule is CSc1ccc(-c2cc(=Nc3nc(-c4ccccc4)c(C)s3)c3ccccc3o2)cc1. The molecule has 0 radical (unpaired) electrons. The molecule has 0 N–H and O–H groups in total. The molecule has 3 aromatic carbocycles. The number of fused-ring (bicyclic) bond motifs is 1. The number of para-hydroxylation sites is 1. The molecule has 0 aliphatic heterocycles. The molecule has 0 unspecified atom stereocenters. The summed E-state index contributed by atoms with van der Waals surface area (Å²) in [5.74, 6) is 0.793. The number of thioether (sulfide) groups is 1. The van der Waals surface area contributed by atoms with Crippen LogP contribution < -0.4 is 5.36 Å². The van der Waals surface area contributed by atoms with Crippen LogP contribution in [0.3, 0.4) is 0 Å². The second-order valence-electron chi connectivity index (χ2n) is 7.10. The van der Waals surface area contributed by atoms with Crippen molar-refractivity contribution in [2.45, 2.75) is 11.8 Å². The number of hydrogen-bond donors (Lipinski definition) is 0. The Morgan fingerprint density at radius 3 is 2.39 bits per heavy atom. The largest absolute Gasteiger partial charge is 0.456 e. The third-order valence-electron chi connectivity index (χ3n) is 5.07. The Morgan fingerprint density at radius 2 is 1.61 bits per heavy atom. The first-order valence-electron chi connectivity index (χ1n) is 9.96. The van der Waals surface area contributed by atoms with Gasteiger partial charge in [-0.25, -0.2) is 9.98 Å². The van der Waals surface area contributed by atoms with Gasteiger partial charge in [0.15, 0.2) is 0 Å². The van der Waals surface area contributed by atoms with Crippen molar-refractivity contribution < 1.29 is 4.42 Å². The molecular formula is C26H20N2OS2. The van der Waals surface area contributed by atoms with Crippen LogP contribution in [0.4, 0.5) is 5.13 Å². The van der Waals surface area contributed by atoms with Crippen molar-refractivity contribution >= 4 is 39.2 Å². The van der Waals surface area contributed by atoms with Crippen molar-refractivity contribution in [1.29, 1.82) is 0 Å². The zero-order valence-electron chi connectivity index (χ0n) is 17.2. The van der Waals surface area contributed by atoms with Gasteiger partial charge < -0.3 is 4.42 Å². The first-order valence-corrected chi connectivity index (χ1v) is 12.0. The number of nitrogens with zero attached hydrogens (tertiary/aromatic N) is 2. The lowest BCUT2D eigenvalue weighted by Gasteiger charge is -2.05. The molecule has 2 aromatic heterocycles. The fraction of sp³-hybridized carbons (Fsp3) is 0.0769. The number of thiazole rings is 1. The van der Waals surface area contributed by atoms with Gasteiger partial charge in [-0.15, -0.1) is 11.8 Å². The van der Waals surface area contributed by atoms with Gasteiger partial charge in [-0.1, -0.05) is 65.9 Å². The molecule has 2 heterocycles. The zero-order valence-corrected chi connectivity index (χ0v) is 18.8. The molecule has 152 valence electrons. The van der Waals surface area contributed by atoms with Gasteiger partial charge >= 0.3 is 0 Å². The van der Waals surface area contributed by atoms with Crippen LogP contribution in [0.25, 0.3) is 33.6 Å². The first-order chi connectivity index (χ1) is 15.2.